The summed E-state index contributed by atoms with van der Waals surface area (Å²) in [5, 5.41) is 0.439. The number of hydrogen-bond acceptors (Lipinski definition) is 2. The van der Waals surface area contributed by atoms with Gasteiger partial charge in [-0.1, -0.05) is 23.7 Å². The van der Waals surface area contributed by atoms with Crippen molar-refractivity contribution in [3.05, 3.63) is 58.4 Å². The first kappa shape index (κ1) is 14.8. The van der Waals surface area contributed by atoms with Crippen molar-refractivity contribution < 1.29 is 12.8 Å². The van der Waals surface area contributed by atoms with Crippen LogP contribution in [0.4, 0.5) is 10.1 Å². The Labute approximate surface area is 122 Å². The maximum Gasteiger partial charge on any atom is 0.264 e. The van der Waals surface area contributed by atoms with E-state index in [9.17, 15) is 12.8 Å². The van der Waals surface area contributed by atoms with E-state index in [2.05, 4.69) is 4.72 Å². The third-order valence-corrected chi connectivity index (χ3v) is 4.70. The lowest BCUT2D eigenvalue weighted by atomic mass is 10.2. The Kier molecular flexibility index (Phi) is 4.01. The van der Waals surface area contributed by atoms with Gasteiger partial charge in [0.2, 0.25) is 0 Å². The minimum atomic E-state index is -3.98. The van der Waals surface area contributed by atoms with Gasteiger partial charge in [0.25, 0.3) is 10.0 Å². The van der Waals surface area contributed by atoms with Gasteiger partial charge in [-0.25, -0.2) is 12.8 Å². The molecule has 0 bridgehead atoms. The molecule has 2 rings (SSSR count). The van der Waals surface area contributed by atoms with Gasteiger partial charge < -0.3 is 0 Å². The van der Waals surface area contributed by atoms with Crippen molar-refractivity contribution in [2.45, 2.75) is 18.7 Å². The molecule has 2 aromatic rings. The highest BCUT2D eigenvalue weighted by atomic mass is 35.5. The second-order valence-corrected chi connectivity index (χ2v) is 6.51. The Morgan fingerprint density at radius 3 is 2.50 bits per heavy atom. The molecule has 0 fully saturated rings. The molecule has 2 aromatic carbocycles. The quantitative estimate of drug-likeness (QED) is 0.934. The summed E-state index contributed by atoms with van der Waals surface area (Å²) >= 11 is 5.93. The van der Waals surface area contributed by atoms with Gasteiger partial charge in [0, 0.05) is 5.02 Å². The number of nitrogens with one attached hydrogen (secondary N) is 1. The van der Waals surface area contributed by atoms with Crippen LogP contribution in [0.2, 0.25) is 5.02 Å². The van der Waals surface area contributed by atoms with E-state index in [0.717, 1.165) is 0 Å². The molecule has 0 saturated heterocycles. The van der Waals surface area contributed by atoms with Crippen molar-refractivity contribution >= 4 is 27.3 Å². The first-order chi connectivity index (χ1) is 9.31. The Balaban J connectivity index is 2.44. The molecule has 0 aliphatic rings. The third-order valence-electron chi connectivity index (χ3n) is 2.89. The number of halogens is 2. The van der Waals surface area contributed by atoms with Crippen LogP contribution >= 0.6 is 11.6 Å². The maximum atomic E-state index is 13.8. The molecule has 0 atom stereocenters. The van der Waals surface area contributed by atoms with E-state index < -0.39 is 15.8 Å². The fourth-order valence-electron chi connectivity index (χ4n) is 1.74. The summed E-state index contributed by atoms with van der Waals surface area (Å²) in [6.07, 6.45) is 0. The molecular formula is C14H13ClFNO2S. The monoisotopic (exact) mass is 313 g/mol. The molecule has 0 heterocycles. The van der Waals surface area contributed by atoms with E-state index in [1.54, 1.807) is 38.1 Å². The molecule has 3 nitrogen and oxygen atoms in total. The average Bonchev–Trinajstić information content (AvgIpc) is 2.34. The minimum absolute atomic E-state index is 0.331. The van der Waals surface area contributed by atoms with Gasteiger partial charge in [-0.3, -0.25) is 4.72 Å². The number of aryl methyl sites for hydroxylation is 1. The Morgan fingerprint density at radius 1 is 1.15 bits per heavy atom. The molecule has 1 N–H and O–H groups in total. The highest BCUT2D eigenvalue weighted by molar-refractivity contribution is 7.92. The van der Waals surface area contributed by atoms with E-state index >= 15 is 0 Å². The smallest absolute Gasteiger partial charge is 0.264 e. The molecule has 0 aliphatic heterocycles. The SMILES string of the molecule is Cc1ccc(S(=O)(=O)Nc2cccc(Cl)c2C)c(F)c1. The van der Waals surface area contributed by atoms with Crippen molar-refractivity contribution in [1.29, 1.82) is 0 Å². The zero-order valence-corrected chi connectivity index (χ0v) is 12.5. The topological polar surface area (TPSA) is 46.2 Å². The molecule has 0 aromatic heterocycles. The van der Waals surface area contributed by atoms with E-state index in [1.807, 2.05) is 0 Å². The van der Waals surface area contributed by atoms with E-state index in [-0.39, 0.29) is 4.90 Å². The predicted octanol–water partition coefficient (Wildman–Crippen LogP) is 3.90. The van der Waals surface area contributed by atoms with Crippen LogP contribution in [0.15, 0.2) is 41.3 Å². The lowest BCUT2D eigenvalue weighted by Crippen LogP contribution is -2.15. The Hall–Kier alpha value is -1.59. The van der Waals surface area contributed by atoms with Crippen molar-refractivity contribution in [1.82, 2.24) is 0 Å². The number of hydrogen-bond donors (Lipinski definition) is 1. The molecule has 20 heavy (non-hydrogen) atoms. The molecule has 0 saturated carbocycles. The molecule has 0 unspecified atom stereocenters. The van der Waals surface area contributed by atoms with Crippen LogP contribution < -0.4 is 4.72 Å². The molecule has 0 aliphatic carbocycles. The summed E-state index contributed by atoms with van der Waals surface area (Å²) in [5.41, 5.74) is 1.57. The predicted molar refractivity (Wildman–Crippen MR) is 78.1 cm³/mol. The second kappa shape index (κ2) is 5.42. The van der Waals surface area contributed by atoms with Gasteiger partial charge in [-0.15, -0.1) is 0 Å². The zero-order valence-electron chi connectivity index (χ0n) is 10.9. The summed E-state index contributed by atoms with van der Waals surface area (Å²) in [4.78, 5) is -0.387. The standard InChI is InChI=1S/C14H13ClFNO2S/c1-9-6-7-14(12(16)8-9)20(18,19)17-13-5-3-4-11(15)10(13)2/h3-8,17H,1-2H3. The average molecular weight is 314 g/mol. The second-order valence-electron chi connectivity index (χ2n) is 4.45. The highest BCUT2D eigenvalue weighted by Crippen LogP contribution is 2.26. The molecular weight excluding hydrogens is 301 g/mol. The van der Waals surface area contributed by atoms with Crippen molar-refractivity contribution in [3.63, 3.8) is 0 Å². The fraction of sp³-hybridized carbons (Fsp3) is 0.143. The molecule has 0 radical (unpaired) electrons. The van der Waals surface area contributed by atoms with Crippen LogP contribution in [0.3, 0.4) is 0 Å². The molecule has 6 heteroatoms. The van der Waals surface area contributed by atoms with Crippen LogP contribution in [0, 0.1) is 19.7 Å². The third kappa shape index (κ3) is 2.94. The first-order valence-electron chi connectivity index (χ1n) is 5.85. The number of rotatable bonds is 3. The minimum Gasteiger partial charge on any atom is -0.279 e. The lowest BCUT2D eigenvalue weighted by molar-refractivity contribution is 0.569. The van der Waals surface area contributed by atoms with Crippen LogP contribution in [0.5, 0.6) is 0 Å². The maximum absolute atomic E-state index is 13.8. The Bertz CT molecular complexity index is 760. The Morgan fingerprint density at radius 2 is 1.85 bits per heavy atom. The van der Waals surface area contributed by atoms with Gasteiger partial charge in [-0.2, -0.15) is 0 Å². The number of benzene rings is 2. The van der Waals surface area contributed by atoms with Crippen molar-refractivity contribution in [3.8, 4) is 0 Å². The largest absolute Gasteiger partial charge is 0.279 e. The van der Waals surface area contributed by atoms with Gasteiger partial charge in [0.1, 0.15) is 10.7 Å². The summed E-state index contributed by atoms with van der Waals surface area (Å²) in [7, 11) is -3.98. The highest BCUT2D eigenvalue weighted by Gasteiger charge is 2.20. The van der Waals surface area contributed by atoms with Crippen molar-refractivity contribution in [2.24, 2.45) is 0 Å². The lowest BCUT2D eigenvalue weighted by Gasteiger charge is -2.12. The van der Waals surface area contributed by atoms with Crippen molar-refractivity contribution in [2.75, 3.05) is 4.72 Å². The van der Waals surface area contributed by atoms with Crippen LogP contribution in [-0.4, -0.2) is 8.42 Å². The summed E-state index contributed by atoms with van der Waals surface area (Å²) in [5.74, 6) is -0.780. The molecule has 0 amide bonds. The van der Waals surface area contributed by atoms with Gasteiger partial charge in [-0.05, 0) is 49.2 Å². The van der Waals surface area contributed by atoms with Crippen LogP contribution in [-0.2, 0) is 10.0 Å². The van der Waals surface area contributed by atoms with Crippen LogP contribution in [0.1, 0.15) is 11.1 Å². The first-order valence-corrected chi connectivity index (χ1v) is 7.71. The fourth-order valence-corrected chi connectivity index (χ4v) is 3.10. The summed E-state index contributed by atoms with van der Waals surface area (Å²) in [6.45, 7) is 3.37. The molecule has 106 valence electrons. The van der Waals surface area contributed by atoms with E-state index in [1.165, 1.54) is 12.1 Å². The van der Waals surface area contributed by atoms with E-state index in [0.29, 0.717) is 21.8 Å². The summed E-state index contributed by atoms with van der Waals surface area (Å²) < 4.78 is 40.5. The van der Waals surface area contributed by atoms with Gasteiger partial charge >= 0.3 is 0 Å². The zero-order chi connectivity index (χ0) is 14.9. The molecule has 0 spiro atoms. The van der Waals surface area contributed by atoms with E-state index in [4.69, 9.17) is 11.6 Å². The van der Waals surface area contributed by atoms with Crippen LogP contribution in [0.25, 0.3) is 0 Å². The van der Waals surface area contributed by atoms with Gasteiger partial charge in [0.05, 0.1) is 5.69 Å². The normalized spacial score (nSPS) is 11.4. The van der Waals surface area contributed by atoms with Gasteiger partial charge in [0.15, 0.2) is 0 Å². The number of sulfonamides is 1. The number of anilines is 1. The summed E-state index contributed by atoms with van der Waals surface area (Å²) in [6, 6.07) is 8.82.